The lowest BCUT2D eigenvalue weighted by Crippen LogP contribution is -2.43. The zero-order valence-electron chi connectivity index (χ0n) is 25.1. The quantitative estimate of drug-likeness (QED) is 0.225. The number of ether oxygens (including phenoxy) is 1. The van der Waals surface area contributed by atoms with Gasteiger partial charge in [-0.2, -0.15) is 13.2 Å². The van der Waals surface area contributed by atoms with Gasteiger partial charge in [0.25, 0.3) is 5.91 Å². The molecule has 2 heterocycles. The molecule has 2 aliphatic rings. The van der Waals surface area contributed by atoms with Crippen LogP contribution in [0.5, 0.6) is 5.75 Å². The second-order valence-electron chi connectivity index (χ2n) is 11.7. The van der Waals surface area contributed by atoms with Crippen LogP contribution in [0.1, 0.15) is 37.8 Å². The number of amides is 3. The highest BCUT2D eigenvalue weighted by Crippen LogP contribution is 2.38. The molecule has 0 radical (unpaired) electrons. The number of piperidine rings is 1. The van der Waals surface area contributed by atoms with Crippen molar-refractivity contribution in [2.45, 2.75) is 51.1 Å². The normalized spacial score (nSPS) is 17.9. The van der Waals surface area contributed by atoms with Gasteiger partial charge in [0.1, 0.15) is 29.0 Å². The first kappa shape index (κ1) is 33.1. The highest BCUT2D eigenvalue weighted by molar-refractivity contribution is 7.88. The molecule has 15 heteroatoms. The molecule has 9 nitrogen and oxygen atoms in total. The Morgan fingerprint density at radius 2 is 1.61 bits per heavy atom. The van der Waals surface area contributed by atoms with Gasteiger partial charge in [-0.15, -0.1) is 0 Å². The van der Waals surface area contributed by atoms with E-state index in [-0.39, 0.29) is 18.3 Å². The van der Waals surface area contributed by atoms with Crippen molar-refractivity contribution >= 4 is 39.0 Å². The summed E-state index contributed by atoms with van der Waals surface area (Å²) in [6.45, 7) is 3.38. The molecule has 0 bridgehead atoms. The summed E-state index contributed by atoms with van der Waals surface area (Å²) < 4.78 is 99.2. The first-order valence-corrected chi connectivity index (χ1v) is 16.1. The van der Waals surface area contributed by atoms with E-state index in [1.807, 2.05) is 0 Å². The van der Waals surface area contributed by atoms with E-state index < -0.39 is 56.6 Å². The molecule has 3 aromatic carbocycles. The van der Waals surface area contributed by atoms with Gasteiger partial charge in [-0.1, -0.05) is 6.07 Å². The Hall–Kier alpha value is -4.24. The molecule has 5 rings (SSSR count). The van der Waals surface area contributed by atoms with Crippen molar-refractivity contribution in [3.05, 3.63) is 83.4 Å². The topological polar surface area (TPSA) is 99.3 Å². The Morgan fingerprint density at radius 1 is 0.957 bits per heavy atom. The molecule has 46 heavy (non-hydrogen) atoms. The maximum absolute atomic E-state index is 14.4. The van der Waals surface area contributed by atoms with Gasteiger partial charge >= 0.3 is 12.2 Å². The molecule has 0 aliphatic carbocycles. The molecule has 2 aliphatic heterocycles. The zero-order valence-corrected chi connectivity index (χ0v) is 25.9. The monoisotopic (exact) mass is 666 g/mol. The number of carbonyl (C=O) groups excluding carboxylic acids is 2. The van der Waals surface area contributed by atoms with E-state index in [1.54, 1.807) is 24.3 Å². The molecule has 1 N–H and O–H groups in total. The number of hydrogen-bond acceptors (Lipinski definition) is 6. The molecular weight excluding hydrogens is 635 g/mol. The number of nitrogens with zero attached hydrogens (tertiary/aromatic N) is 3. The fourth-order valence-electron chi connectivity index (χ4n) is 5.42. The second kappa shape index (κ2) is 12.2. The molecule has 0 aromatic heterocycles. The van der Waals surface area contributed by atoms with Gasteiger partial charge in [0, 0.05) is 24.5 Å². The number of anilines is 3. The average molecular weight is 667 g/mol. The largest absolute Gasteiger partial charge is 0.490 e. The van der Waals surface area contributed by atoms with Crippen molar-refractivity contribution in [2.24, 2.45) is 0 Å². The third-order valence-electron chi connectivity index (χ3n) is 8.04. The predicted molar refractivity (Wildman–Crippen MR) is 160 cm³/mol. The molecular formula is C31H31F5N4O5S. The molecule has 2 saturated heterocycles. The third-order valence-corrected chi connectivity index (χ3v) is 9.35. The fourth-order valence-corrected chi connectivity index (χ4v) is 6.29. The zero-order chi connectivity index (χ0) is 33.6. The Bertz CT molecular complexity index is 1760. The maximum atomic E-state index is 14.4. The van der Waals surface area contributed by atoms with Gasteiger partial charge in [-0.05, 0) is 86.8 Å². The lowest BCUT2D eigenvalue weighted by Gasteiger charge is -2.30. The highest BCUT2D eigenvalue weighted by Gasteiger charge is 2.52. The van der Waals surface area contributed by atoms with Gasteiger partial charge < -0.3 is 15.0 Å². The summed E-state index contributed by atoms with van der Waals surface area (Å²) in [6.07, 6.45) is -2.96. The van der Waals surface area contributed by atoms with Crippen LogP contribution in [0.15, 0.2) is 60.7 Å². The standard InChI is InChI=1S/C31H31F5N4O5S/c1-30(2)28(41)40(22-8-11-26(33)25(17-22)31(34,35)36)29(42)39(30)18-19-4-5-20(32)16-27(19)37-21-6-9-23(10-7-21)45-24-12-14-38(15-13-24)46(3,43)44/h4-11,16-17,24,37H,12-15,18H2,1-3H3. The minimum atomic E-state index is -5.04. The van der Waals surface area contributed by atoms with Crippen LogP contribution in [-0.2, 0) is 27.5 Å². The molecule has 0 spiro atoms. The van der Waals surface area contributed by atoms with Crippen molar-refractivity contribution in [1.82, 2.24) is 9.21 Å². The summed E-state index contributed by atoms with van der Waals surface area (Å²) >= 11 is 0. The third kappa shape index (κ3) is 6.79. The molecule has 3 amide bonds. The van der Waals surface area contributed by atoms with Crippen molar-refractivity contribution in [1.29, 1.82) is 0 Å². The number of rotatable bonds is 8. The smallest absolute Gasteiger partial charge is 0.419 e. The number of urea groups is 1. The Kier molecular flexibility index (Phi) is 8.77. The average Bonchev–Trinajstić information content (AvgIpc) is 3.13. The van der Waals surface area contributed by atoms with E-state index in [4.69, 9.17) is 4.74 Å². The van der Waals surface area contributed by atoms with Crippen LogP contribution >= 0.6 is 0 Å². The SMILES string of the molecule is CC1(C)C(=O)N(c2ccc(F)c(C(F)(F)F)c2)C(=O)N1Cc1ccc(F)cc1Nc1ccc(OC2CCN(S(C)(=O)=O)CC2)cc1. The number of imide groups is 1. The van der Waals surface area contributed by atoms with Gasteiger partial charge in [0.05, 0.1) is 24.1 Å². The number of sulfonamides is 1. The predicted octanol–water partition coefficient (Wildman–Crippen LogP) is 6.28. The lowest BCUT2D eigenvalue weighted by atomic mass is 10.0. The van der Waals surface area contributed by atoms with E-state index in [0.717, 1.165) is 11.0 Å². The minimum absolute atomic E-state index is 0.162. The van der Waals surface area contributed by atoms with Crippen LogP contribution in [0.2, 0.25) is 0 Å². The Morgan fingerprint density at radius 3 is 2.22 bits per heavy atom. The van der Waals surface area contributed by atoms with Crippen LogP contribution in [0.3, 0.4) is 0 Å². The fraction of sp³-hybridized carbons (Fsp3) is 0.355. The van der Waals surface area contributed by atoms with E-state index in [1.165, 1.54) is 42.6 Å². The molecule has 2 fully saturated rings. The van der Waals surface area contributed by atoms with Crippen LogP contribution in [0.25, 0.3) is 0 Å². The summed E-state index contributed by atoms with van der Waals surface area (Å²) in [5.41, 5.74) is -2.32. The lowest BCUT2D eigenvalue weighted by molar-refractivity contribution is -0.140. The van der Waals surface area contributed by atoms with E-state index in [9.17, 15) is 40.0 Å². The van der Waals surface area contributed by atoms with Gasteiger partial charge in [-0.25, -0.2) is 31.2 Å². The molecule has 0 saturated carbocycles. The van der Waals surface area contributed by atoms with Crippen LogP contribution in [-0.4, -0.2) is 60.5 Å². The summed E-state index contributed by atoms with van der Waals surface area (Å²) in [7, 11) is -3.26. The minimum Gasteiger partial charge on any atom is -0.490 e. The number of carbonyl (C=O) groups is 2. The summed E-state index contributed by atoms with van der Waals surface area (Å²) in [6, 6.07) is 11.6. The van der Waals surface area contributed by atoms with Gasteiger partial charge in [0.2, 0.25) is 10.0 Å². The van der Waals surface area contributed by atoms with Crippen LogP contribution in [0.4, 0.5) is 43.8 Å². The highest BCUT2D eigenvalue weighted by atomic mass is 32.2. The van der Waals surface area contributed by atoms with E-state index >= 15 is 0 Å². The maximum Gasteiger partial charge on any atom is 0.419 e. The number of alkyl halides is 3. The Labute approximate surface area is 262 Å². The molecule has 3 aromatic rings. The first-order valence-electron chi connectivity index (χ1n) is 14.3. The Balaban J connectivity index is 1.32. The van der Waals surface area contributed by atoms with Crippen molar-refractivity contribution in [3.63, 3.8) is 0 Å². The number of halogens is 5. The van der Waals surface area contributed by atoms with E-state index in [2.05, 4.69) is 5.32 Å². The second-order valence-corrected chi connectivity index (χ2v) is 13.6. The molecule has 0 atom stereocenters. The van der Waals surface area contributed by atoms with Crippen LogP contribution < -0.4 is 15.0 Å². The number of nitrogens with one attached hydrogen (secondary N) is 1. The number of benzene rings is 3. The van der Waals surface area contributed by atoms with E-state index in [0.29, 0.717) is 60.0 Å². The first-order chi connectivity index (χ1) is 21.4. The summed E-state index contributed by atoms with van der Waals surface area (Å²) in [5, 5.41) is 3.10. The van der Waals surface area contributed by atoms with Gasteiger partial charge in [-0.3, -0.25) is 4.79 Å². The summed E-state index contributed by atoms with van der Waals surface area (Å²) in [4.78, 5) is 28.6. The van der Waals surface area contributed by atoms with Crippen molar-refractivity contribution in [2.75, 3.05) is 29.6 Å². The van der Waals surface area contributed by atoms with Gasteiger partial charge in [0.15, 0.2) is 0 Å². The van der Waals surface area contributed by atoms with Crippen molar-refractivity contribution in [3.8, 4) is 5.75 Å². The van der Waals surface area contributed by atoms with Crippen LogP contribution in [0, 0.1) is 11.6 Å². The molecule has 0 unspecified atom stereocenters. The number of hydrogen-bond donors (Lipinski definition) is 1. The van der Waals surface area contributed by atoms with Crippen molar-refractivity contribution < 1.29 is 44.7 Å². The summed E-state index contributed by atoms with van der Waals surface area (Å²) in [5.74, 6) is -2.38. The molecule has 246 valence electrons.